The Morgan fingerprint density at radius 1 is 0.661 bits per heavy atom. The molecule has 0 unspecified atom stereocenters. The molecule has 14 nitrogen and oxygen atoms in total. The molecule has 15 heteroatoms. The van der Waals surface area contributed by atoms with E-state index in [1.165, 1.54) is 4.31 Å². The van der Waals surface area contributed by atoms with Crippen molar-refractivity contribution in [1.29, 1.82) is 0 Å². The van der Waals surface area contributed by atoms with E-state index in [0.717, 1.165) is 16.7 Å². The van der Waals surface area contributed by atoms with Gasteiger partial charge < -0.3 is 23.7 Å². The summed E-state index contributed by atoms with van der Waals surface area (Å²) < 4.78 is 60.1. The minimum Gasteiger partial charge on any atom is -0.497 e. The van der Waals surface area contributed by atoms with Crippen molar-refractivity contribution in [3.8, 4) is 39.8 Å². The molecule has 6 aromatic rings. The summed E-state index contributed by atoms with van der Waals surface area (Å²) in [5.41, 5.74) is 3.97. The Hall–Kier alpha value is -6.58. The number of sulfonamides is 1. The number of nitrogens with zero attached hydrogens (tertiary/aromatic N) is 5. The summed E-state index contributed by atoms with van der Waals surface area (Å²) in [5.74, 6) is -0.634. The molecule has 1 aromatic heterocycles. The van der Waals surface area contributed by atoms with Crippen molar-refractivity contribution in [3.05, 3.63) is 138 Å². The van der Waals surface area contributed by atoms with Crippen LogP contribution >= 0.6 is 0 Å². The summed E-state index contributed by atoms with van der Waals surface area (Å²) in [4.78, 5) is 25.9. The number of tetrazole rings is 1. The number of hydrogen-bond donors (Lipinski definition) is 0. The normalized spacial score (nSPS) is 11.4. The molecule has 0 N–H and O–H groups in total. The zero-order valence-electron chi connectivity index (χ0n) is 33.4. The van der Waals surface area contributed by atoms with Crippen LogP contribution in [0, 0.1) is 0 Å². The number of rotatable bonds is 18. The number of aromatic nitrogens is 4. The van der Waals surface area contributed by atoms with Crippen LogP contribution < -0.4 is 14.2 Å². The summed E-state index contributed by atoms with van der Waals surface area (Å²) in [5, 5.41) is 12.7. The van der Waals surface area contributed by atoms with Crippen LogP contribution in [0.3, 0.4) is 0 Å². The molecule has 0 aliphatic heterocycles. The maximum atomic E-state index is 15.3. The second kappa shape index (κ2) is 19.2. The fraction of sp³-hybridized carbons (Fsp3) is 0.250. The number of benzene rings is 5. The highest BCUT2D eigenvalue weighted by Crippen LogP contribution is 2.39. The number of carbonyl (C=O) groups is 2. The third kappa shape index (κ3) is 9.76. The lowest BCUT2D eigenvalue weighted by atomic mass is 9.94. The van der Waals surface area contributed by atoms with E-state index in [1.54, 1.807) is 107 Å². The van der Waals surface area contributed by atoms with Crippen LogP contribution in [0.25, 0.3) is 22.5 Å². The van der Waals surface area contributed by atoms with Crippen molar-refractivity contribution in [3.63, 3.8) is 0 Å². The number of hydrogen-bond acceptors (Lipinski definition) is 12. The van der Waals surface area contributed by atoms with Crippen molar-refractivity contribution in [2.75, 3.05) is 34.5 Å². The van der Waals surface area contributed by atoms with Crippen molar-refractivity contribution in [1.82, 2.24) is 24.5 Å². The van der Waals surface area contributed by atoms with Gasteiger partial charge in [-0.25, -0.2) is 13.1 Å². The predicted molar refractivity (Wildman–Crippen MR) is 219 cm³/mol. The molecule has 0 amide bonds. The molecule has 1 heterocycles. The van der Waals surface area contributed by atoms with Crippen LogP contribution in [0.4, 0.5) is 0 Å². The highest BCUT2D eigenvalue weighted by Gasteiger charge is 2.34. The topological polar surface area (TPSA) is 161 Å². The van der Waals surface area contributed by atoms with Gasteiger partial charge in [-0.3, -0.25) is 9.59 Å². The standard InChI is InChI=1S/C44H45N5O9S/c1-6-57-43(50)40(44(51)58-7-2)34-19-17-33(18-20-34)38-9-8-10-39(41(38)42-45-46-47-49(42)29-32-15-25-37(56-5)26-16-32)59(52,53)48(27-30-11-21-35(54-3)22-12-30)28-31-13-23-36(55-4)24-14-31/h8-26,40H,6-7,27-29H2,1-5H3. The van der Waals surface area contributed by atoms with Crippen LogP contribution in [-0.4, -0.2) is 79.4 Å². The smallest absolute Gasteiger partial charge is 0.324 e. The van der Waals surface area contributed by atoms with E-state index in [-0.39, 0.29) is 49.1 Å². The fourth-order valence-corrected chi connectivity index (χ4v) is 8.15. The predicted octanol–water partition coefficient (Wildman–Crippen LogP) is 6.68. The van der Waals surface area contributed by atoms with Gasteiger partial charge in [-0.1, -0.05) is 72.8 Å². The average molecular weight is 820 g/mol. The lowest BCUT2D eigenvalue weighted by molar-refractivity contribution is -0.156. The van der Waals surface area contributed by atoms with Gasteiger partial charge >= 0.3 is 11.9 Å². The van der Waals surface area contributed by atoms with Gasteiger partial charge in [0.15, 0.2) is 11.7 Å². The molecule has 0 radical (unpaired) electrons. The molecule has 0 bridgehead atoms. The van der Waals surface area contributed by atoms with E-state index in [0.29, 0.717) is 33.9 Å². The zero-order chi connectivity index (χ0) is 41.9. The summed E-state index contributed by atoms with van der Waals surface area (Å²) in [7, 11) is 0.372. The monoisotopic (exact) mass is 819 g/mol. The van der Waals surface area contributed by atoms with Crippen LogP contribution in [-0.2, 0) is 48.7 Å². The zero-order valence-corrected chi connectivity index (χ0v) is 34.2. The number of esters is 2. The van der Waals surface area contributed by atoms with Crippen LogP contribution in [0.5, 0.6) is 17.2 Å². The molecular formula is C44H45N5O9S. The highest BCUT2D eigenvalue weighted by molar-refractivity contribution is 7.89. The summed E-state index contributed by atoms with van der Waals surface area (Å²) >= 11 is 0. The molecule has 5 aromatic carbocycles. The first-order valence-electron chi connectivity index (χ1n) is 18.8. The highest BCUT2D eigenvalue weighted by atomic mass is 32.2. The SMILES string of the molecule is CCOC(=O)C(C(=O)OCC)c1ccc(-c2cccc(S(=O)(=O)N(Cc3ccc(OC)cc3)Cc3ccc(OC)cc3)c2-c2nnnn2Cc2ccc(OC)cc2)cc1. The Morgan fingerprint density at radius 2 is 1.15 bits per heavy atom. The van der Waals surface area contributed by atoms with E-state index in [1.807, 2.05) is 48.5 Å². The minimum atomic E-state index is -4.35. The molecule has 59 heavy (non-hydrogen) atoms. The Labute approximate surface area is 343 Å². The lowest BCUT2D eigenvalue weighted by Crippen LogP contribution is -2.31. The molecule has 0 fully saturated rings. The average Bonchev–Trinajstić information content (AvgIpc) is 3.72. The quantitative estimate of drug-likeness (QED) is 0.0669. The first-order valence-corrected chi connectivity index (χ1v) is 20.3. The number of ether oxygens (including phenoxy) is 5. The Balaban J connectivity index is 1.51. The molecular weight excluding hydrogens is 775 g/mol. The van der Waals surface area contributed by atoms with E-state index in [4.69, 9.17) is 23.7 Å². The van der Waals surface area contributed by atoms with Gasteiger partial charge in [0, 0.05) is 18.7 Å². The van der Waals surface area contributed by atoms with E-state index >= 15 is 8.42 Å². The molecule has 0 aliphatic carbocycles. The van der Waals surface area contributed by atoms with E-state index < -0.39 is 27.9 Å². The van der Waals surface area contributed by atoms with Gasteiger partial charge in [-0.2, -0.15) is 4.31 Å². The van der Waals surface area contributed by atoms with Crippen molar-refractivity contribution < 1.29 is 41.7 Å². The summed E-state index contributed by atoms with van der Waals surface area (Å²) in [6.45, 7) is 3.73. The fourth-order valence-electron chi connectivity index (χ4n) is 6.52. The van der Waals surface area contributed by atoms with Crippen molar-refractivity contribution in [2.24, 2.45) is 0 Å². The largest absolute Gasteiger partial charge is 0.497 e. The van der Waals surface area contributed by atoms with Gasteiger partial charge in [0.05, 0.1) is 46.0 Å². The second-order valence-corrected chi connectivity index (χ2v) is 15.1. The molecule has 0 spiro atoms. The van der Waals surface area contributed by atoms with Gasteiger partial charge in [0.25, 0.3) is 0 Å². The van der Waals surface area contributed by atoms with Crippen molar-refractivity contribution >= 4 is 22.0 Å². The van der Waals surface area contributed by atoms with Crippen LogP contribution in [0.2, 0.25) is 0 Å². The van der Waals surface area contributed by atoms with Crippen LogP contribution in [0.15, 0.2) is 120 Å². The maximum Gasteiger partial charge on any atom is 0.324 e. The summed E-state index contributed by atoms with van der Waals surface area (Å²) in [6.07, 6.45) is 0. The number of methoxy groups -OCH3 is 3. The minimum absolute atomic E-state index is 0.0244. The second-order valence-electron chi connectivity index (χ2n) is 13.2. The van der Waals surface area contributed by atoms with Crippen LogP contribution in [0.1, 0.15) is 42.0 Å². The molecule has 6 rings (SSSR count). The van der Waals surface area contributed by atoms with E-state index in [9.17, 15) is 9.59 Å². The summed E-state index contributed by atoms with van der Waals surface area (Å²) in [6, 6.07) is 33.5. The lowest BCUT2D eigenvalue weighted by Gasteiger charge is -2.25. The van der Waals surface area contributed by atoms with Gasteiger partial charge in [-0.05, 0) is 100 Å². The Kier molecular flexibility index (Phi) is 13.7. The molecule has 306 valence electrons. The Morgan fingerprint density at radius 3 is 1.63 bits per heavy atom. The van der Waals surface area contributed by atoms with E-state index in [2.05, 4.69) is 15.5 Å². The third-order valence-corrected chi connectivity index (χ3v) is 11.4. The molecule has 0 saturated carbocycles. The first-order chi connectivity index (χ1) is 28.6. The Bertz CT molecular complexity index is 2390. The van der Waals surface area contributed by atoms with Gasteiger partial charge in [0.1, 0.15) is 17.2 Å². The molecule has 0 atom stereocenters. The van der Waals surface area contributed by atoms with Crippen molar-refractivity contribution in [2.45, 2.75) is 44.3 Å². The van der Waals surface area contributed by atoms with Gasteiger partial charge in [-0.15, -0.1) is 5.10 Å². The number of carbonyl (C=O) groups excluding carboxylic acids is 2. The van der Waals surface area contributed by atoms with Gasteiger partial charge in [0.2, 0.25) is 10.0 Å². The third-order valence-electron chi connectivity index (χ3n) is 9.53. The molecule has 0 saturated heterocycles. The first kappa shape index (κ1) is 42.0. The molecule has 0 aliphatic rings. The maximum absolute atomic E-state index is 15.3.